The van der Waals surface area contributed by atoms with E-state index < -0.39 is 0 Å². The van der Waals surface area contributed by atoms with Gasteiger partial charge >= 0.3 is 0 Å². The van der Waals surface area contributed by atoms with Crippen LogP contribution in [0.5, 0.6) is 0 Å². The number of aliphatic imine (C=N–C) groups is 2. The minimum Gasteiger partial charge on any atom is -0.368 e. The Morgan fingerprint density at radius 3 is 2.58 bits per heavy atom. The van der Waals surface area contributed by atoms with Gasteiger partial charge in [0.25, 0.3) is 0 Å². The highest BCUT2D eigenvalue weighted by Gasteiger charge is 2.13. The van der Waals surface area contributed by atoms with Gasteiger partial charge in [-0.3, -0.25) is 15.3 Å². The van der Waals surface area contributed by atoms with Crippen molar-refractivity contribution in [1.82, 2.24) is 10.6 Å². The number of benzene rings is 1. The van der Waals surface area contributed by atoms with Crippen LogP contribution in [0.15, 0.2) is 83.2 Å². The second-order valence-electron chi connectivity index (χ2n) is 7.63. The first-order valence-corrected chi connectivity index (χ1v) is 11.5. The van der Waals surface area contributed by atoms with Crippen LogP contribution in [0.3, 0.4) is 0 Å². The van der Waals surface area contributed by atoms with Gasteiger partial charge in [0.2, 0.25) is 0 Å². The number of nitrogens with one attached hydrogen (secondary N) is 2. The molecule has 1 aliphatic carbocycles. The van der Waals surface area contributed by atoms with Crippen molar-refractivity contribution in [3.8, 4) is 0 Å². The molecule has 0 aromatic heterocycles. The van der Waals surface area contributed by atoms with Crippen LogP contribution in [-0.2, 0) is 0 Å². The fraction of sp³-hybridized carbons (Fsp3) is 0.385. The van der Waals surface area contributed by atoms with Crippen LogP contribution in [-0.4, -0.2) is 25.1 Å². The Morgan fingerprint density at radius 2 is 1.94 bits per heavy atom. The third-order valence-corrected chi connectivity index (χ3v) is 5.72. The Kier molecular flexibility index (Phi) is 11.7. The van der Waals surface area contributed by atoms with Crippen molar-refractivity contribution in [3.05, 3.63) is 83.8 Å². The quantitative estimate of drug-likeness (QED) is 0.287. The van der Waals surface area contributed by atoms with Gasteiger partial charge < -0.3 is 5.32 Å². The summed E-state index contributed by atoms with van der Waals surface area (Å²) in [6, 6.07) is 8.60. The maximum Gasteiger partial charge on any atom is 0.0894 e. The van der Waals surface area contributed by atoms with E-state index in [1.54, 1.807) is 12.4 Å². The summed E-state index contributed by atoms with van der Waals surface area (Å²) in [5.41, 5.74) is 3.10. The van der Waals surface area contributed by atoms with Crippen molar-refractivity contribution in [2.75, 3.05) is 6.67 Å². The smallest absolute Gasteiger partial charge is 0.0894 e. The number of rotatable bonds is 12. The predicted molar refractivity (Wildman–Crippen MR) is 136 cm³/mol. The summed E-state index contributed by atoms with van der Waals surface area (Å²) in [6.07, 6.45) is 18.8. The zero-order chi connectivity index (χ0) is 22.3. The fourth-order valence-corrected chi connectivity index (χ4v) is 3.86. The molecule has 1 aromatic carbocycles. The number of hydrogen-bond donors (Lipinski definition) is 2. The predicted octanol–water partition coefficient (Wildman–Crippen LogP) is 6.54. The van der Waals surface area contributed by atoms with Crippen molar-refractivity contribution in [2.24, 2.45) is 9.98 Å². The molecule has 5 heteroatoms. The van der Waals surface area contributed by atoms with Gasteiger partial charge in [0.1, 0.15) is 0 Å². The molecule has 1 saturated carbocycles. The van der Waals surface area contributed by atoms with Crippen LogP contribution < -0.4 is 10.6 Å². The molecule has 1 atom stereocenters. The van der Waals surface area contributed by atoms with Gasteiger partial charge in [-0.15, -0.1) is 0 Å². The molecule has 31 heavy (non-hydrogen) atoms. The van der Waals surface area contributed by atoms with Crippen LogP contribution >= 0.6 is 11.6 Å². The standard InChI is InChI=1S/C26H35ClN4/c1-4-21(22-11-13-24(27)14-12-22)19-23(15-18-29-5-2)26(16-17-28-3)31-20-30-25-9-7-6-8-10-25/h5,11-19,21,25,29-30H,2-4,6-10,20H2,1H3/b17-16-,18-15-,23-19+,31-26?. The highest BCUT2D eigenvalue weighted by molar-refractivity contribution is 6.30. The van der Waals surface area contributed by atoms with Crippen LogP contribution in [0.2, 0.25) is 5.02 Å². The molecule has 0 radical (unpaired) electrons. The maximum atomic E-state index is 6.08. The van der Waals surface area contributed by atoms with Gasteiger partial charge in [-0.1, -0.05) is 62.6 Å². The van der Waals surface area contributed by atoms with E-state index in [-0.39, 0.29) is 5.92 Å². The van der Waals surface area contributed by atoms with Gasteiger partial charge in [-0.05, 0) is 67.6 Å². The lowest BCUT2D eigenvalue weighted by molar-refractivity contribution is 0.378. The van der Waals surface area contributed by atoms with Gasteiger partial charge in [-0.2, -0.15) is 0 Å². The minimum absolute atomic E-state index is 0.238. The molecule has 1 fully saturated rings. The zero-order valence-corrected chi connectivity index (χ0v) is 19.3. The molecule has 2 N–H and O–H groups in total. The lowest BCUT2D eigenvalue weighted by Crippen LogP contribution is -2.31. The topological polar surface area (TPSA) is 48.8 Å². The summed E-state index contributed by atoms with van der Waals surface area (Å²) >= 11 is 6.08. The summed E-state index contributed by atoms with van der Waals surface area (Å²) in [5.74, 6) is 0.238. The summed E-state index contributed by atoms with van der Waals surface area (Å²) in [5, 5.41) is 7.37. The first-order valence-electron chi connectivity index (χ1n) is 11.1. The largest absolute Gasteiger partial charge is 0.368 e. The highest BCUT2D eigenvalue weighted by atomic mass is 35.5. The number of halogens is 1. The second kappa shape index (κ2) is 14.6. The first kappa shape index (κ1) is 24.8. The number of hydrogen-bond acceptors (Lipinski definition) is 4. The molecule has 166 valence electrons. The average molecular weight is 439 g/mol. The molecule has 0 heterocycles. The Bertz CT molecular complexity index is 799. The van der Waals surface area contributed by atoms with Crippen molar-refractivity contribution in [2.45, 2.75) is 57.4 Å². The SMILES string of the molecule is C=CN/C=C\C(=C/C(CC)c1ccc(Cl)cc1)C(/C=C\N=C)=NCNC1CCCCC1. The number of allylic oxidation sites excluding steroid dienone is 4. The van der Waals surface area contributed by atoms with E-state index in [1.165, 1.54) is 37.7 Å². The normalized spacial score (nSPS) is 17.2. The second-order valence-corrected chi connectivity index (χ2v) is 8.07. The average Bonchev–Trinajstić information content (AvgIpc) is 2.80. The molecule has 1 aliphatic rings. The molecular formula is C26H35ClN4. The van der Waals surface area contributed by atoms with Crippen LogP contribution in [0, 0.1) is 0 Å². The molecule has 0 amide bonds. The van der Waals surface area contributed by atoms with Crippen LogP contribution in [0.25, 0.3) is 0 Å². The molecule has 0 bridgehead atoms. The van der Waals surface area contributed by atoms with Crippen LogP contribution in [0.4, 0.5) is 0 Å². The van der Waals surface area contributed by atoms with E-state index in [9.17, 15) is 0 Å². The van der Waals surface area contributed by atoms with Gasteiger partial charge in [0.05, 0.1) is 12.4 Å². The minimum atomic E-state index is 0.238. The van der Waals surface area contributed by atoms with Gasteiger partial charge in [-0.25, -0.2) is 0 Å². The van der Waals surface area contributed by atoms with E-state index in [2.05, 4.69) is 54.1 Å². The first-order chi connectivity index (χ1) is 15.2. The lowest BCUT2D eigenvalue weighted by atomic mass is 9.92. The van der Waals surface area contributed by atoms with E-state index in [0.29, 0.717) is 12.7 Å². The monoisotopic (exact) mass is 438 g/mol. The van der Waals surface area contributed by atoms with E-state index in [1.807, 2.05) is 30.5 Å². The molecule has 1 unspecified atom stereocenters. The molecule has 0 spiro atoms. The van der Waals surface area contributed by atoms with E-state index >= 15 is 0 Å². The summed E-state index contributed by atoms with van der Waals surface area (Å²) in [7, 11) is 0. The van der Waals surface area contributed by atoms with E-state index in [4.69, 9.17) is 16.6 Å². The molecule has 0 saturated heterocycles. The molecular weight excluding hydrogens is 404 g/mol. The Labute approximate surface area is 192 Å². The van der Waals surface area contributed by atoms with Crippen molar-refractivity contribution < 1.29 is 0 Å². The van der Waals surface area contributed by atoms with Crippen molar-refractivity contribution in [3.63, 3.8) is 0 Å². The fourth-order valence-electron chi connectivity index (χ4n) is 3.74. The van der Waals surface area contributed by atoms with Gasteiger partial charge in [0.15, 0.2) is 0 Å². The molecule has 1 aromatic rings. The lowest BCUT2D eigenvalue weighted by Gasteiger charge is -2.22. The van der Waals surface area contributed by atoms with Crippen molar-refractivity contribution in [1.29, 1.82) is 0 Å². The maximum absolute atomic E-state index is 6.08. The van der Waals surface area contributed by atoms with Crippen LogP contribution in [0.1, 0.15) is 56.9 Å². The summed E-state index contributed by atoms with van der Waals surface area (Å²) in [4.78, 5) is 8.76. The molecule has 0 aliphatic heterocycles. The van der Waals surface area contributed by atoms with Crippen molar-refractivity contribution >= 4 is 24.0 Å². The summed E-state index contributed by atoms with van der Waals surface area (Å²) < 4.78 is 0. The third kappa shape index (κ3) is 9.07. The Balaban J connectivity index is 2.31. The molecule has 2 rings (SSSR count). The third-order valence-electron chi connectivity index (χ3n) is 5.46. The van der Waals surface area contributed by atoms with E-state index in [0.717, 1.165) is 22.7 Å². The number of nitrogens with zero attached hydrogens (tertiary/aromatic N) is 2. The highest BCUT2D eigenvalue weighted by Crippen LogP contribution is 2.25. The zero-order valence-electron chi connectivity index (χ0n) is 18.6. The Morgan fingerprint density at radius 1 is 1.19 bits per heavy atom. The van der Waals surface area contributed by atoms with Gasteiger partial charge in [0, 0.05) is 29.4 Å². The molecule has 4 nitrogen and oxygen atoms in total. The summed E-state index contributed by atoms with van der Waals surface area (Å²) in [6.45, 7) is 10.1. The Hall–Kier alpha value is -2.43.